The van der Waals surface area contributed by atoms with Crippen LogP contribution in [0.5, 0.6) is 11.5 Å². The summed E-state index contributed by atoms with van der Waals surface area (Å²) in [6, 6.07) is 3.23. The van der Waals surface area contributed by atoms with E-state index in [4.69, 9.17) is 21.1 Å². The maximum atomic E-state index is 12.6. The zero-order valence-corrected chi connectivity index (χ0v) is 18.8. The molecule has 10 heteroatoms. The minimum absolute atomic E-state index is 0.0331. The van der Waals surface area contributed by atoms with Gasteiger partial charge in [-0.2, -0.15) is 0 Å². The number of ether oxygens (including phenoxy) is 2. The number of phenols is 1. The van der Waals surface area contributed by atoms with Crippen molar-refractivity contribution >= 4 is 66.2 Å². The van der Waals surface area contributed by atoms with Crippen molar-refractivity contribution in [3.8, 4) is 11.5 Å². The Bertz CT molecular complexity index is 1200. The zero-order chi connectivity index (χ0) is 21.3. The summed E-state index contributed by atoms with van der Waals surface area (Å²) in [4.78, 5) is 32.5. The Morgan fingerprint density at radius 1 is 1.45 bits per heavy atom. The third-order valence-electron chi connectivity index (χ3n) is 4.05. The van der Waals surface area contributed by atoms with Crippen molar-refractivity contribution in [1.82, 2.24) is 9.97 Å². The quantitative estimate of drug-likeness (QED) is 0.494. The second-order valence-electron chi connectivity index (χ2n) is 5.92. The maximum Gasteiger partial charge on any atom is 0.348 e. The van der Waals surface area contributed by atoms with Crippen LogP contribution >= 0.6 is 38.9 Å². The average Bonchev–Trinajstić information content (AvgIpc) is 3.01. The van der Waals surface area contributed by atoms with Gasteiger partial charge in [0, 0.05) is 0 Å². The smallest absolute Gasteiger partial charge is 0.348 e. The number of halogens is 2. The fourth-order valence-electron chi connectivity index (χ4n) is 2.70. The molecule has 0 unspecified atom stereocenters. The van der Waals surface area contributed by atoms with Gasteiger partial charge in [-0.05, 0) is 59.1 Å². The molecule has 0 aliphatic rings. The lowest BCUT2D eigenvalue weighted by Gasteiger charge is -2.07. The van der Waals surface area contributed by atoms with Crippen LogP contribution in [-0.2, 0) is 4.74 Å². The van der Waals surface area contributed by atoms with Gasteiger partial charge in [-0.15, -0.1) is 11.3 Å². The van der Waals surface area contributed by atoms with Crippen molar-refractivity contribution in [2.75, 3.05) is 13.7 Å². The lowest BCUT2D eigenvalue weighted by Crippen LogP contribution is -2.11. The van der Waals surface area contributed by atoms with Crippen LogP contribution in [0.1, 0.15) is 33.5 Å². The molecule has 0 aliphatic heterocycles. The first-order valence-electron chi connectivity index (χ1n) is 8.41. The highest BCUT2D eigenvalue weighted by molar-refractivity contribution is 9.10. The van der Waals surface area contributed by atoms with E-state index in [0.29, 0.717) is 30.7 Å². The number of thiophene rings is 1. The SMILES string of the molecule is CCOC(=O)c1sc2nc(/C(Cl)=C/c3cc(Br)c(O)c(OC)c3)[nH]c(=O)c2c1C. The number of carbonyl (C=O) groups is 1. The molecule has 0 bridgehead atoms. The first-order chi connectivity index (χ1) is 13.8. The predicted molar refractivity (Wildman–Crippen MR) is 117 cm³/mol. The Kier molecular flexibility index (Phi) is 6.30. The maximum absolute atomic E-state index is 12.6. The van der Waals surface area contributed by atoms with E-state index >= 15 is 0 Å². The molecule has 2 heterocycles. The Morgan fingerprint density at radius 2 is 2.17 bits per heavy atom. The minimum Gasteiger partial charge on any atom is -0.503 e. The molecule has 1 aromatic carbocycles. The summed E-state index contributed by atoms with van der Waals surface area (Å²) < 4.78 is 10.6. The van der Waals surface area contributed by atoms with Gasteiger partial charge in [0.15, 0.2) is 17.3 Å². The number of nitrogens with zero attached hydrogens (tertiary/aromatic N) is 1. The lowest BCUT2D eigenvalue weighted by molar-refractivity contribution is 0.0531. The van der Waals surface area contributed by atoms with Crippen LogP contribution in [0.2, 0.25) is 0 Å². The van der Waals surface area contributed by atoms with Gasteiger partial charge in [-0.25, -0.2) is 9.78 Å². The van der Waals surface area contributed by atoms with E-state index in [0.717, 1.165) is 11.3 Å². The van der Waals surface area contributed by atoms with Gasteiger partial charge in [-0.3, -0.25) is 4.79 Å². The van der Waals surface area contributed by atoms with Crippen LogP contribution in [0.3, 0.4) is 0 Å². The average molecular weight is 500 g/mol. The number of H-pyrrole nitrogens is 1. The number of rotatable bonds is 5. The van der Waals surface area contributed by atoms with Gasteiger partial charge in [0.25, 0.3) is 5.56 Å². The van der Waals surface area contributed by atoms with E-state index in [1.54, 1.807) is 32.1 Å². The van der Waals surface area contributed by atoms with Crippen LogP contribution in [0.25, 0.3) is 21.3 Å². The number of hydrogen-bond donors (Lipinski definition) is 2. The van der Waals surface area contributed by atoms with Crippen molar-refractivity contribution in [1.29, 1.82) is 0 Å². The summed E-state index contributed by atoms with van der Waals surface area (Å²) in [5, 5.41) is 10.4. The van der Waals surface area contributed by atoms with Crippen molar-refractivity contribution in [2.24, 2.45) is 0 Å². The molecule has 0 spiro atoms. The lowest BCUT2D eigenvalue weighted by atomic mass is 10.2. The number of aryl methyl sites for hydroxylation is 1. The van der Waals surface area contributed by atoms with Crippen LogP contribution in [0, 0.1) is 6.92 Å². The molecular formula is C19H16BrClN2O5S. The Balaban J connectivity index is 2.08. The molecule has 0 aliphatic carbocycles. The molecule has 29 heavy (non-hydrogen) atoms. The zero-order valence-electron chi connectivity index (χ0n) is 15.6. The number of esters is 1. The number of benzene rings is 1. The number of nitrogens with one attached hydrogen (secondary N) is 1. The Morgan fingerprint density at radius 3 is 2.83 bits per heavy atom. The van der Waals surface area contributed by atoms with Crippen molar-refractivity contribution in [3.63, 3.8) is 0 Å². The van der Waals surface area contributed by atoms with Gasteiger partial charge >= 0.3 is 5.97 Å². The number of aromatic amines is 1. The van der Waals surface area contributed by atoms with Crippen LogP contribution < -0.4 is 10.3 Å². The topological polar surface area (TPSA) is 102 Å². The second kappa shape index (κ2) is 8.56. The van der Waals surface area contributed by atoms with Gasteiger partial charge in [-0.1, -0.05) is 11.6 Å². The summed E-state index contributed by atoms with van der Waals surface area (Å²) in [7, 11) is 1.43. The van der Waals surface area contributed by atoms with E-state index in [1.807, 2.05) is 0 Å². The Labute approximate surface area is 183 Å². The van der Waals surface area contributed by atoms with Gasteiger partial charge in [0.05, 0.1) is 28.6 Å². The largest absolute Gasteiger partial charge is 0.503 e. The normalized spacial score (nSPS) is 11.7. The van der Waals surface area contributed by atoms with Crippen LogP contribution in [0.15, 0.2) is 21.4 Å². The first kappa shape index (κ1) is 21.4. The van der Waals surface area contributed by atoms with Crippen molar-refractivity contribution in [2.45, 2.75) is 13.8 Å². The van der Waals surface area contributed by atoms with Crippen molar-refractivity contribution in [3.05, 3.63) is 48.8 Å². The molecule has 0 saturated carbocycles. The summed E-state index contributed by atoms with van der Waals surface area (Å²) in [6.07, 6.45) is 1.57. The Hall–Kier alpha value is -2.36. The highest BCUT2D eigenvalue weighted by atomic mass is 79.9. The number of aromatic hydroxyl groups is 1. The monoisotopic (exact) mass is 498 g/mol. The van der Waals surface area contributed by atoms with Gasteiger partial charge in [0.2, 0.25) is 0 Å². The molecule has 2 aromatic heterocycles. The number of fused-ring (bicyclic) bond motifs is 1. The van der Waals surface area contributed by atoms with E-state index in [9.17, 15) is 14.7 Å². The molecule has 0 fully saturated rings. The van der Waals surface area contributed by atoms with Gasteiger partial charge < -0.3 is 19.6 Å². The fraction of sp³-hybridized carbons (Fsp3) is 0.211. The highest BCUT2D eigenvalue weighted by Crippen LogP contribution is 2.36. The number of aromatic nitrogens is 2. The molecule has 7 nitrogen and oxygen atoms in total. The first-order valence-corrected chi connectivity index (χ1v) is 10.4. The van der Waals surface area contributed by atoms with Crippen LogP contribution in [0.4, 0.5) is 0 Å². The fourth-order valence-corrected chi connectivity index (χ4v) is 4.45. The second-order valence-corrected chi connectivity index (χ2v) is 8.18. The number of hydrogen-bond acceptors (Lipinski definition) is 7. The molecule has 152 valence electrons. The van der Waals surface area contributed by atoms with E-state index < -0.39 is 11.5 Å². The van der Waals surface area contributed by atoms with Crippen LogP contribution in [-0.4, -0.2) is 34.8 Å². The molecular weight excluding hydrogens is 484 g/mol. The molecule has 3 rings (SSSR count). The third-order valence-corrected chi connectivity index (χ3v) is 6.11. The molecule has 0 saturated heterocycles. The van der Waals surface area contributed by atoms with Gasteiger partial charge in [0.1, 0.15) is 9.71 Å². The summed E-state index contributed by atoms with van der Waals surface area (Å²) in [5.74, 6) is -0.102. The summed E-state index contributed by atoms with van der Waals surface area (Å²) >= 11 is 10.7. The molecule has 0 atom stereocenters. The number of phenolic OH excluding ortho intramolecular Hbond substituents is 1. The minimum atomic E-state index is -0.489. The summed E-state index contributed by atoms with van der Waals surface area (Å²) in [5.41, 5.74) is 0.746. The van der Waals surface area contributed by atoms with Crippen molar-refractivity contribution < 1.29 is 19.4 Å². The van der Waals surface area contributed by atoms with E-state index in [1.165, 1.54) is 7.11 Å². The number of methoxy groups -OCH3 is 1. The highest BCUT2D eigenvalue weighted by Gasteiger charge is 2.20. The van der Waals surface area contributed by atoms with E-state index in [-0.39, 0.29) is 29.0 Å². The molecule has 0 amide bonds. The summed E-state index contributed by atoms with van der Waals surface area (Å²) in [6.45, 7) is 3.63. The number of carbonyl (C=O) groups excluding carboxylic acids is 1. The molecule has 3 aromatic rings. The molecule has 0 radical (unpaired) electrons. The predicted octanol–water partition coefficient (Wildman–Crippen LogP) is 4.68. The standard InChI is InChI=1S/C19H16BrClN2O5S/c1-4-28-19(26)15-8(2)13-17(25)22-16(23-18(13)29-15)11(21)6-9-5-10(20)14(24)12(7-9)27-3/h5-7,24H,4H2,1-3H3,(H,22,23,25)/b11-6-. The molecule has 2 N–H and O–H groups in total. The van der Waals surface area contributed by atoms with E-state index in [2.05, 4.69) is 25.9 Å². The third kappa shape index (κ3) is 4.17.